The molecule has 0 atom stereocenters. The van der Waals surface area contributed by atoms with Crippen LogP contribution < -0.4 is 19.5 Å². The monoisotopic (exact) mass is 469 g/mol. The molecule has 6 nitrogen and oxygen atoms in total. The minimum absolute atomic E-state index is 0.621. The van der Waals surface area contributed by atoms with E-state index in [0.29, 0.717) is 23.0 Å². The Morgan fingerprint density at radius 3 is 2.50 bits per heavy atom. The third-order valence-electron chi connectivity index (χ3n) is 5.52. The molecule has 0 fully saturated rings. The third-order valence-corrected chi connectivity index (χ3v) is 6.46. The lowest BCUT2D eigenvalue weighted by atomic mass is 10.1. The second-order valence-corrected chi connectivity index (χ2v) is 8.73. The van der Waals surface area contributed by atoms with Crippen molar-refractivity contribution in [1.82, 2.24) is 9.97 Å². The number of nitrogens with zero attached hydrogens (tertiary/aromatic N) is 2. The molecule has 0 aliphatic rings. The van der Waals surface area contributed by atoms with Crippen molar-refractivity contribution >= 4 is 43.3 Å². The van der Waals surface area contributed by atoms with E-state index in [1.807, 2.05) is 54.6 Å². The van der Waals surface area contributed by atoms with Gasteiger partial charge in [0, 0.05) is 35.0 Å². The summed E-state index contributed by atoms with van der Waals surface area (Å²) in [7, 11) is 3.21. The van der Waals surface area contributed by atoms with E-state index in [1.54, 1.807) is 31.8 Å². The van der Waals surface area contributed by atoms with Crippen molar-refractivity contribution in [3.05, 3.63) is 84.6 Å². The minimum Gasteiger partial charge on any atom is -0.493 e. The van der Waals surface area contributed by atoms with Crippen LogP contribution in [0.15, 0.2) is 73.4 Å². The SMILES string of the molecule is C=C(Nc1nc2ccc(Oc3ccnc4cc(OC)c(OC)cc34)cc2s1)c1ccccc1C. The van der Waals surface area contributed by atoms with Crippen LogP contribution in [0.1, 0.15) is 11.1 Å². The topological polar surface area (TPSA) is 65.5 Å². The smallest absolute Gasteiger partial charge is 0.188 e. The largest absolute Gasteiger partial charge is 0.493 e. The van der Waals surface area contributed by atoms with Crippen LogP contribution in [0.2, 0.25) is 0 Å². The number of hydrogen-bond donors (Lipinski definition) is 1. The average molecular weight is 470 g/mol. The van der Waals surface area contributed by atoms with Crippen LogP contribution in [0.5, 0.6) is 23.0 Å². The first-order valence-electron chi connectivity index (χ1n) is 10.7. The van der Waals surface area contributed by atoms with Gasteiger partial charge < -0.3 is 19.5 Å². The molecule has 0 saturated heterocycles. The Hall–Kier alpha value is -4.10. The van der Waals surface area contributed by atoms with E-state index in [9.17, 15) is 0 Å². The molecule has 5 aromatic rings. The lowest BCUT2D eigenvalue weighted by molar-refractivity contribution is 0.355. The van der Waals surface area contributed by atoms with E-state index < -0.39 is 0 Å². The molecule has 0 spiro atoms. The zero-order valence-electron chi connectivity index (χ0n) is 19.1. The fourth-order valence-corrected chi connectivity index (χ4v) is 4.71. The quantitative estimate of drug-likeness (QED) is 0.276. The first-order valence-corrected chi connectivity index (χ1v) is 11.5. The summed E-state index contributed by atoms with van der Waals surface area (Å²) in [6, 6.07) is 19.5. The van der Waals surface area contributed by atoms with Gasteiger partial charge in [-0.2, -0.15) is 0 Å². The summed E-state index contributed by atoms with van der Waals surface area (Å²) in [5.74, 6) is 2.64. The number of methoxy groups -OCH3 is 2. The number of ether oxygens (including phenoxy) is 3. The second-order valence-electron chi connectivity index (χ2n) is 7.70. The molecule has 3 aromatic carbocycles. The second kappa shape index (κ2) is 9.03. The summed E-state index contributed by atoms with van der Waals surface area (Å²) in [5.41, 5.74) is 4.71. The number of fused-ring (bicyclic) bond motifs is 2. The molecule has 0 radical (unpaired) electrons. The molecular formula is C27H23N3O3S. The molecule has 5 rings (SSSR count). The fraction of sp³-hybridized carbons (Fsp3) is 0.111. The van der Waals surface area contributed by atoms with Crippen molar-refractivity contribution in [2.75, 3.05) is 19.5 Å². The lowest BCUT2D eigenvalue weighted by Gasteiger charge is -2.12. The molecule has 0 aliphatic heterocycles. The molecule has 0 bridgehead atoms. The summed E-state index contributed by atoms with van der Waals surface area (Å²) in [4.78, 5) is 9.14. The normalized spacial score (nSPS) is 10.9. The number of pyridine rings is 1. The van der Waals surface area contributed by atoms with Gasteiger partial charge in [-0.1, -0.05) is 42.2 Å². The van der Waals surface area contributed by atoms with Crippen molar-refractivity contribution in [1.29, 1.82) is 0 Å². The van der Waals surface area contributed by atoms with Gasteiger partial charge in [0.25, 0.3) is 0 Å². The molecule has 34 heavy (non-hydrogen) atoms. The summed E-state index contributed by atoms with van der Waals surface area (Å²) >= 11 is 1.55. The van der Waals surface area contributed by atoms with Crippen LogP contribution in [0.25, 0.3) is 26.8 Å². The van der Waals surface area contributed by atoms with E-state index in [0.717, 1.165) is 43.1 Å². The van der Waals surface area contributed by atoms with Crippen molar-refractivity contribution in [2.45, 2.75) is 6.92 Å². The standard InChI is InChI=1S/C27H23N3O3S/c1-16-7-5-6-8-19(16)17(2)29-27-30-21-10-9-18(13-26(21)34-27)33-23-11-12-28-22-15-25(32-4)24(31-3)14-20(22)23/h5-15H,2H2,1,3-4H3,(H,29,30). The van der Waals surface area contributed by atoms with Gasteiger partial charge >= 0.3 is 0 Å². The fourth-order valence-electron chi connectivity index (χ4n) is 3.79. The minimum atomic E-state index is 0.621. The lowest BCUT2D eigenvalue weighted by Crippen LogP contribution is -1.98. The van der Waals surface area contributed by atoms with Crippen LogP contribution in [0.4, 0.5) is 5.13 Å². The van der Waals surface area contributed by atoms with Gasteiger partial charge in [0.05, 0.1) is 30.0 Å². The predicted octanol–water partition coefficient (Wildman–Crippen LogP) is 7.05. The molecule has 0 aliphatic carbocycles. The molecule has 2 heterocycles. The Balaban J connectivity index is 1.43. The Morgan fingerprint density at radius 2 is 1.71 bits per heavy atom. The third kappa shape index (κ3) is 4.13. The van der Waals surface area contributed by atoms with Crippen molar-refractivity contribution < 1.29 is 14.2 Å². The van der Waals surface area contributed by atoms with Gasteiger partial charge in [-0.3, -0.25) is 4.98 Å². The van der Waals surface area contributed by atoms with Crippen molar-refractivity contribution in [3.63, 3.8) is 0 Å². The summed E-state index contributed by atoms with van der Waals surface area (Å²) < 4.78 is 18.1. The maximum absolute atomic E-state index is 6.25. The summed E-state index contributed by atoms with van der Waals surface area (Å²) in [5, 5.41) is 4.96. The molecular weight excluding hydrogens is 446 g/mol. The van der Waals surface area contributed by atoms with E-state index in [2.05, 4.69) is 29.9 Å². The van der Waals surface area contributed by atoms with E-state index in [-0.39, 0.29) is 0 Å². The highest BCUT2D eigenvalue weighted by molar-refractivity contribution is 7.22. The van der Waals surface area contributed by atoms with Crippen LogP contribution in [-0.2, 0) is 0 Å². The highest BCUT2D eigenvalue weighted by Crippen LogP contribution is 2.38. The Bertz CT molecular complexity index is 1530. The van der Waals surface area contributed by atoms with E-state index in [1.165, 1.54) is 0 Å². The molecule has 0 saturated carbocycles. The number of thiazole rings is 1. The van der Waals surface area contributed by atoms with Gasteiger partial charge in [0.15, 0.2) is 16.6 Å². The number of hydrogen-bond acceptors (Lipinski definition) is 7. The van der Waals surface area contributed by atoms with Crippen LogP contribution in [-0.4, -0.2) is 24.2 Å². The highest BCUT2D eigenvalue weighted by atomic mass is 32.1. The van der Waals surface area contributed by atoms with Gasteiger partial charge in [-0.25, -0.2) is 4.98 Å². The van der Waals surface area contributed by atoms with Gasteiger partial charge in [0.2, 0.25) is 0 Å². The van der Waals surface area contributed by atoms with Crippen molar-refractivity contribution in [3.8, 4) is 23.0 Å². The van der Waals surface area contributed by atoms with Crippen LogP contribution in [0.3, 0.4) is 0 Å². The summed E-state index contributed by atoms with van der Waals surface area (Å²) in [6.07, 6.45) is 1.72. The number of anilines is 1. The highest BCUT2D eigenvalue weighted by Gasteiger charge is 2.13. The van der Waals surface area contributed by atoms with Gasteiger partial charge in [-0.05, 0) is 36.8 Å². The number of benzene rings is 3. The Labute approximate surface area is 201 Å². The summed E-state index contributed by atoms with van der Waals surface area (Å²) in [6.45, 7) is 6.25. The van der Waals surface area contributed by atoms with E-state index >= 15 is 0 Å². The first-order chi connectivity index (χ1) is 16.6. The molecule has 2 aromatic heterocycles. The van der Waals surface area contributed by atoms with Gasteiger partial charge in [0.1, 0.15) is 11.5 Å². The zero-order valence-corrected chi connectivity index (χ0v) is 19.9. The maximum atomic E-state index is 6.25. The zero-order chi connectivity index (χ0) is 23.7. The molecule has 1 N–H and O–H groups in total. The Morgan fingerprint density at radius 1 is 0.912 bits per heavy atom. The van der Waals surface area contributed by atoms with Crippen LogP contribution in [0, 0.1) is 6.92 Å². The first kappa shape index (κ1) is 21.7. The predicted molar refractivity (Wildman–Crippen MR) is 138 cm³/mol. The maximum Gasteiger partial charge on any atom is 0.188 e. The Kier molecular flexibility index (Phi) is 5.77. The molecule has 0 unspecified atom stereocenters. The van der Waals surface area contributed by atoms with Crippen molar-refractivity contribution in [2.24, 2.45) is 0 Å². The number of aromatic nitrogens is 2. The number of aryl methyl sites for hydroxylation is 1. The van der Waals surface area contributed by atoms with Gasteiger partial charge in [-0.15, -0.1) is 0 Å². The molecule has 170 valence electrons. The number of nitrogens with one attached hydrogen (secondary N) is 1. The average Bonchev–Trinajstić information content (AvgIpc) is 3.25. The van der Waals surface area contributed by atoms with Crippen LogP contribution >= 0.6 is 11.3 Å². The number of rotatable bonds is 7. The van der Waals surface area contributed by atoms with E-state index in [4.69, 9.17) is 19.2 Å². The molecule has 0 amide bonds. The molecule has 7 heteroatoms.